The monoisotopic (exact) mass is 431 g/mol. The van der Waals surface area contributed by atoms with Crippen LogP contribution in [-0.4, -0.2) is 39.4 Å². The Morgan fingerprint density at radius 3 is 2.53 bits per heavy atom. The lowest BCUT2D eigenvalue weighted by molar-refractivity contribution is 0.434. The quantitative estimate of drug-likeness (QED) is 0.387. The van der Waals surface area contributed by atoms with Gasteiger partial charge in [0.25, 0.3) is 0 Å². The molecule has 3 N–H and O–H groups in total. The Balaban J connectivity index is 1.61. The molecular weight excluding hydrogens is 402 g/mol. The second kappa shape index (κ2) is 9.64. The number of benzene rings is 2. The minimum Gasteiger partial charge on any atom is -0.507 e. The molecule has 0 aliphatic carbocycles. The van der Waals surface area contributed by atoms with Gasteiger partial charge in [-0.25, -0.2) is 5.43 Å². The van der Waals surface area contributed by atoms with Crippen molar-refractivity contribution in [2.24, 2.45) is 11.0 Å². The third kappa shape index (κ3) is 5.14. The van der Waals surface area contributed by atoms with Crippen LogP contribution in [-0.2, 0) is 0 Å². The van der Waals surface area contributed by atoms with Crippen molar-refractivity contribution in [2.75, 3.05) is 28.7 Å². The fourth-order valence-corrected chi connectivity index (χ4v) is 3.58. The third-order valence-electron chi connectivity index (χ3n) is 5.85. The summed E-state index contributed by atoms with van der Waals surface area (Å²) in [6, 6.07) is 13.1. The van der Waals surface area contributed by atoms with Gasteiger partial charge in [-0.2, -0.15) is 20.1 Å². The van der Waals surface area contributed by atoms with Crippen molar-refractivity contribution in [1.82, 2.24) is 15.0 Å². The van der Waals surface area contributed by atoms with Crippen molar-refractivity contribution in [3.8, 4) is 5.75 Å². The summed E-state index contributed by atoms with van der Waals surface area (Å²) >= 11 is 0. The molecule has 2 heterocycles. The molecule has 3 aromatic rings. The van der Waals surface area contributed by atoms with Crippen LogP contribution in [0.4, 0.5) is 23.5 Å². The highest BCUT2D eigenvalue weighted by molar-refractivity contribution is 5.83. The molecule has 1 aromatic heterocycles. The lowest BCUT2D eigenvalue weighted by Gasteiger charge is -2.30. The first-order chi connectivity index (χ1) is 15.5. The fraction of sp³-hybridized carbons (Fsp3) is 0.333. The molecule has 0 unspecified atom stereocenters. The van der Waals surface area contributed by atoms with Crippen molar-refractivity contribution in [3.05, 3.63) is 59.2 Å². The molecule has 0 bridgehead atoms. The van der Waals surface area contributed by atoms with Gasteiger partial charge in [0.2, 0.25) is 17.8 Å². The van der Waals surface area contributed by atoms with Crippen molar-refractivity contribution in [3.63, 3.8) is 0 Å². The van der Waals surface area contributed by atoms with Crippen LogP contribution in [0.3, 0.4) is 0 Å². The standard InChI is InChI=1S/C24H29N7O/c1-16-11-13-31(14-12-16)24-28-22(26-20-9-6-7-17(2)18(20)3)27-23(29-24)30-25-15-19-8-4-5-10-21(19)32/h4-10,15-16,32H,11-14H2,1-3H3,(H2,26,27,28,29,30)/b25-15+. The Morgan fingerprint density at radius 2 is 1.75 bits per heavy atom. The molecule has 2 aromatic carbocycles. The number of hydrogen-bond donors (Lipinski definition) is 3. The van der Waals surface area contributed by atoms with E-state index in [9.17, 15) is 5.11 Å². The minimum atomic E-state index is 0.161. The molecule has 0 saturated carbocycles. The molecule has 166 valence electrons. The minimum absolute atomic E-state index is 0.161. The van der Waals surface area contributed by atoms with E-state index in [4.69, 9.17) is 0 Å². The normalized spacial score (nSPS) is 14.7. The molecule has 32 heavy (non-hydrogen) atoms. The van der Waals surface area contributed by atoms with Crippen LogP contribution in [0, 0.1) is 19.8 Å². The van der Waals surface area contributed by atoms with Gasteiger partial charge in [-0.3, -0.25) is 0 Å². The third-order valence-corrected chi connectivity index (χ3v) is 5.85. The summed E-state index contributed by atoms with van der Waals surface area (Å²) < 4.78 is 0. The van der Waals surface area contributed by atoms with Crippen LogP contribution in [0.2, 0.25) is 0 Å². The second-order valence-electron chi connectivity index (χ2n) is 8.25. The predicted octanol–water partition coefficient (Wildman–Crippen LogP) is 4.62. The van der Waals surface area contributed by atoms with Crippen LogP contribution < -0.4 is 15.6 Å². The zero-order valence-electron chi connectivity index (χ0n) is 18.7. The van der Waals surface area contributed by atoms with E-state index in [0.717, 1.165) is 37.2 Å². The number of hydrazone groups is 1. The first-order valence-electron chi connectivity index (χ1n) is 10.9. The largest absolute Gasteiger partial charge is 0.507 e. The SMILES string of the molecule is Cc1cccc(Nc2nc(N/N=C/c3ccccc3O)nc(N3CCC(C)CC3)n2)c1C. The Hall–Kier alpha value is -3.68. The molecule has 1 aliphatic heterocycles. The Morgan fingerprint density at radius 1 is 1.00 bits per heavy atom. The summed E-state index contributed by atoms with van der Waals surface area (Å²) in [5, 5.41) is 17.5. The average molecular weight is 432 g/mol. The highest BCUT2D eigenvalue weighted by Gasteiger charge is 2.20. The second-order valence-corrected chi connectivity index (χ2v) is 8.25. The van der Waals surface area contributed by atoms with E-state index in [1.165, 1.54) is 5.56 Å². The van der Waals surface area contributed by atoms with Crippen LogP contribution in [0.15, 0.2) is 47.6 Å². The van der Waals surface area contributed by atoms with Crippen LogP contribution in [0.5, 0.6) is 5.75 Å². The van der Waals surface area contributed by atoms with Gasteiger partial charge < -0.3 is 15.3 Å². The zero-order valence-corrected chi connectivity index (χ0v) is 18.7. The number of para-hydroxylation sites is 1. The number of anilines is 4. The number of rotatable bonds is 6. The predicted molar refractivity (Wildman–Crippen MR) is 129 cm³/mol. The summed E-state index contributed by atoms with van der Waals surface area (Å²) in [5.74, 6) is 2.30. The molecule has 4 rings (SSSR count). The number of piperidine rings is 1. The van der Waals surface area contributed by atoms with Crippen molar-refractivity contribution in [2.45, 2.75) is 33.6 Å². The lowest BCUT2D eigenvalue weighted by Crippen LogP contribution is -2.34. The van der Waals surface area contributed by atoms with Crippen molar-refractivity contribution in [1.29, 1.82) is 0 Å². The Kier molecular flexibility index (Phi) is 6.49. The first kappa shape index (κ1) is 21.5. The molecule has 1 aliphatic rings. The highest BCUT2D eigenvalue weighted by Crippen LogP contribution is 2.25. The first-order valence-corrected chi connectivity index (χ1v) is 10.9. The van der Waals surface area contributed by atoms with Gasteiger partial charge in [-0.1, -0.05) is 31.2 Å². The Labute approximate surface area is 188 Å². The molecular formula is C24H29N7O. The number of nitrogens with zero attached hydrogens (tertiary/aromatic N) is 5. The number of aryl methyl sites for hydroxylation is 1. The van der Waals surface area contributed by atoms with E-state index in [0.29, 0.717) is 29.3 Å². The van der Waals surface area contributed by atoms with E-state index in [2.05, 4.69) is 62.5 Å². The van der Waals surface area contributed by atoms with Crippen LogP contribution >= 0.6 is 0 Å². The summed E-state index contributed by atoms with van der Waals surface area (Å²) in [7, 11) is 0. The summed E-state index contributed by atoms with van der Waals surface area (Å²) in [6.07, 6.45) is 3.76. The lowest BCUT2D eigenvalue weighted by atomic mass is 10.00. The van der Waals surface area contributed by atoms with Gasteiger partial charge in [0.1, 0.15) is 5.75 Å². The van der Waals surface area contributed by atoms with Gasteiger partial charge in [0.15, 0.2) is 0 Å². The van der Waals surface area contributed by atoms with Crippen molar-refractivity contribution < 1.29 is 5.11 Å². The smallest absolute Gasteiger partial charge is 0.250 e. The Bertz CT molecular complexity index is 1110. The van der Waals surface area contributed by atoms with Crippen LogP contribution in [0.25, 0.3) is 0 Å². The summed E-state index contributed by atoms with van der Waals surface area (Å²) in [4.78, 5) is 16.0. The molecule has 0 amide bonds. The highest BCUT2D eigenvalue weighted by atomic mass is 16.3. The number of hydrogen-bond acceptors (Lipinski definition) is 8. The average Bonchev–Trinajstić information content (AvgIpc) is 2.79. The maximum Gasteiger partial charge on any atom is 0.250 e. The summed E-state index contributed by atoms with van der Waals surface area (Å²) in [5.41, 5.74) is 6.79. The van der Waals surface area contributed by atoms with E-state index < -0.39 is 0 Å². The molecule has 1 saturated heterocycles. The van der Waals surface area contributed by atoms with Gasteiger partial charge in [-0.15, -0.1) is 0 Å². The zero-order chi connectivity index (χ0) is 22.5. The van der Waals surface area contributed by atoms with Gasteiger partial charge >= 0.3 is 0 Å². The van der Waals surface area contributed by atoms with Gasteiger partial charge in [0, 0.05) is 24.3 Å². The maximum atomic E-state index is 9.92. The number of phenols is 1. The molecule has 0 atom stereocenters. The summed E-state index contributed by atoms with van der Waals surface area (Å²) in [6.45, 7) is 8.25. The molecule has 8 nitrogen and oxygen atoms in total. The van der Waals surface area contributed by atoms with E-state index in [1.54, 1.807) is 24.4 Å². The maximum absolute atomic E-state index is 9.92. The van der Waals surface area contributed by atoms with Crippen LogP contribution in [0.1, 0.15) is 36.5 Å². The van der Waals surface area contributed by atoms with E-state index >= 15 is 0 Å². The van der Waals surface area contributed by atoms with E-state index in [1.807, 2.05) is 18.2 Å². The van der Waals surface area contributed by atoms with E-state index in [-0.39, 0.29) is 5.75 Å². The number of nitrogens with one attached hydrogen (secondary N) is 2. The topological polar surface area (TPSA) is 98.6 Å². The molecule has 8 heteroatoms. The van der Waals surface area contributed by atoms with Gasteiger partial charge in [-0.05, 0) is 61.9 Å². The molecule has 0 spiro atoms. The fourth-order valence-electron chi connectivity index (χ4n) is 3.58. The number of aromatic hydroxyl groups is 1. The number of phenolic OH excluding ortho intramolecular Hbond substituents is 1. The molecule has 1 fully saturated rings. The molecule has 0 radical (unpaired) electrons. The van der Waals surface area contributed by atoms with Gasteiger partial charge in [0.05, 0.1) is 6.21 Å². The van der Waals surface area contributed by atoms with Crippen molar-refractivity contribution >= 4 is 29.7 Å². The number of aromatic nitrogens is 3.